The lowest BCUT2D eigenvalue weighted by Crippen LogP contribution is -2.22. The highest BCUT2D eigenvalue weighted by Crippen LogP contribution is 2.27. The van der Waals surface area contributed by atoms with Crippen LogP contribution in [-0.2, 0) is 11.4 Å². The van der Waals surface area contributed by atoms with Crippen molar-refractivity contribution in [1.29, 1.82) is 0 Å². The zero-order valence-electron chi connectivity index (χ0n) is 15.7. The molecule has 2 heterocycles. The molecule has 0 saturated heterocycles. The second-order valence-corrected chi connectivity index (χ2v) is 7.66. The van der Waals surface area contributed by atoms with Crippen LogP contribution in [0.1, 0.15) is 12.5 Å². The molecule has 4 aromatic rings. The van der Waals surface area contributed by atoms with Crippen LogP contribution >= 0.6 is 11.8 Å². The number of aromatic amines is 1. The molecule has 0 fully saturated rings. The molecule has 0 spiro atoms. The summed E-state index contributed by atoms with van der Waals surface area (Å²) in [5, 5.41) is 3.27. The summed E-state index contributed by atoms with van der Waals surface area (Å²) < 4.78 is 5.77. The highest BCUT2D eigenvalue weighted by atomic mass is 32.2. The maximum absolute atomic E-state index is 12.6. The molecule has 0 radical (unpaired) electrons. The minimum Gasteiger partial charge on any atom is -0.489 e. The van der Waals surface area contributed by atoms with Crippen LogP contribution in [-0.4, -0.2) is 31.1 Å². The molecule has 0 aliphatic heterocycles. The fourth-order valence-corrected chi connectivity index (χ4v) is 3.55. The SMILES string of the molecule is CC(Sc1ncnc2nc[nH]c12)C(=O)Nc1ccc(OCc2ccccc2)cc1. The van der Waals surface area contributed by atoms with E-state index in [1.54, 1.807) is 6.33 Å². The number of ether oxygens (including phenoxy) is 1. The summed E-state index contributed by atoms with van der Waals surface area (Å²) in [6.07, 6.45) is 3.01. The van der Waals surface area contributed by atoms with E-state index in [9.17, 15) is 4.79 Å². The van der Waals surface area contributed by atoms with Gasteiger partial charge in [-0.2, -0.15) is 0 Å². The molecular formula is C21H19N5O2S. The van der Waals surface area contributed by atoms with E-state index in [1.165, 1.54) is 18.1 Å². The molecule has 2 aromatic heterocycles. The van der Waals surface area contributed by atoms with E-state index < -0.39 is 0 Å². The number of anilines is 1. The predicted octanol–water partition coefficient (Wildman–Crippen LogP) is 4.05. The molecule has 0 aliphatic carbocycles. The van der Waals surface area contributed by atoms with E-state index in [2.05, 4.69) is 25.3 Å². The number of carbonyl (C=O) groups excluding carboxylic acids is 1. The van der Waals surface area contributed by atoms with Crippen LogP contribution in [0.15, 0.2) is 72.3 Å². The molecule has 29 heavy (non-hydrogen) atoms. The van der Waals surface area contributed by atoms with Crippen LogP contribution < -0.4 is 10.1 Å². The standard InChI is InChI=1S/C21H19N5O2S/c1-14(29-21-18-19(23-12-22-18)24-13-25-21)20(27)26-16-7-9-17(10-8-16)28-11-15-5-3-2-4-6-15/h2-10,12-14H,11H2,1H3,(H,26,27)(H,22,23,24,25). The minimum absolute atomic E-state index is 0.112. The van der Waals surface area contributed by atoms with Gasteiger partial charge in [-0.25, -0.2) is 15.0 Å². The molecular weight excluding hydrogens is 386 g/mol. The number of benzene rings is 2. The number of rotatable bonds is 7. The third-order valence-electron chi connectivity index (χ3n) is 4.22. The van der Waals surface area contributed by atoms with Gasteiger partial charge >= 0.3 is 0 Å². The fraction of sp³-hybridized carbons (Fsp3) is 0.143. The Balaban J connectivity index is 1.33. The summed E-state index contributed by atoms with van der Waals surface area (Å²) in [7, 11) is 0. The van der Waals surface area contributed by atoms with Crippen molar-refractivity contribution in [3.05, 3.63) is 72.8 Å². The van der Waals surface area contributed by atoms with Crippen molar-refractivity contribution in [1.82, 2.24) is 19.9 Å². The van der Waals surface area contributed by atoms with Gasteiger partial charge in [-0.15, -0.1) is 0 Å². The Morgan fingerprint density at radius 3 is 2.69 bits per heavy atom. The van der Waals surface area contributed by atoms with Gasteiger partial charge in [0.15, 0.2) is 5.65 Å². The van der Waals surface area contributed by atoms with Crippen molar-refractivity contribution in [3.8, 4) is 5.75 Å². The van der Waals surface area contributed by atoms with Crippen molar-refractivity contribution in [2.75, 3.05) is 5.32 Å². The quantitative estimate of drug-likeness (QED) is 0.356. The van der Waals surface area contributed by atoms with Gasteiger partial charge in [-0.05, 0) is 36.8 Å². The van der Waals surface area contributed by atoms with E-state index in [1.807, 2.05) is 61.5 Å². The number of imidazole rings is 1. The lowest BCUT2D eigenvalue weighted by atomic mass is 10.2. The molecule has 1 atom stereocenters. The summed E-state index contributed by atoms with van der Waals surface area (Å²) in [6, 6.07) is 17.3. The average molecular weight is 405 g/mol. The smallest absolute Gasteiger partial charge is 0.237 e. The largest absolute Gasteiger partial charge is 0.489 e. The molecule has 4 rings (SSSR count). The molecule has 1 amide bonds. The van der Waals surface area contributed by atoms with Crippen molar-refractivity contribution in [2.24, 2.45) is 0 Å². The Morgan fingerprint density at radius 1 is 1.10 bits per heavy atom. The van der Waals surface area contributed by atoms with Crippen LogP contribution in [0.5, 0.6) is 5.75 Å². The van der Waals surface area contributed by atoms with Gasteiger partial charge in [-0.1, -0.05) is 42.1 Å². The molecule has 8 heteroatoms. The first kappa shape index (κ1) is 18.9. The number of carbonyl (C=O) groups is 1. The van der Waals surface area contributed by atoms with Gasteiger partial charge in [0.25, 0.3) is 0 Å². The highest BCUT2D eigenvalue weighted by molar-refractivity contribution is 8.00. The average Bonchev–Trinajstić information content (AvgIpc) is 3.24. The minimum atomic E-state index is -0.342. The summed E-state index contributed by atoms with van der Waals surface area (Å²) in [4.78, 5) is 28.0. The Morgan fingerprint density at radius 2 is 1.90 bits per heavy atom. The Hall–Kier alpha value is -3.39. The lowest BCUT2D eigenvalue weighted by Gasteiger charge is -2.12. The second kappa shape index (κ2) is 8.74. The van der Waals surface area contributed by atoms with E-state index >= 15 is 0 Å². The lowest BCUT2D eigenvalue weighted by molar-refractivity contribution is -0.115. The van der Waals surface area contributed by atoms with E-state index in [0.29, 0.717) is 23.0 Å². The zero-order valence-corrected chi connectivity index (χ0v) is 16.5. The summed E-state index contributed by atoms with van der Waals surface area (Å²) in [5.74, 6) is 0.635. The molecule has 0 saturated carbocycles. The van der Waals surface area contributed by atoms with Gasteiger partial charge in [-0.3, -0.25) is 4.79 Å². The summed E-state index contributed by atoms with van der Waals surface area (Å²) in [5.41, 5.74) is 3.13. The van der Waals surface area contributed by atoms with Crippen molar-refractivity contribution in [2.45, 2.75) is 23.8 Å². The fourth-order valence-electron chi connectivity index (χ4n) is 2.67. The maximum atomic E-state index is 12.6. The van der Waals surface area contributed by atoms with Crippen molar-refractivity contribution in [3.63, 3.8) is 0 Å². The third kappa shape index (κ3) is 4.72. The molecule has 2 aromatic carbocycles. The Bertz CT molecular complexity index is 1100. The number of H-pyrrole nitrogens is 1. The van der Waals surface area contributed by atoms with Crippen molar-refractivity contribution >= 4 is 34.5 Å². The second-order valence-electron chi connectivity index (χ2n) is 6.33. The van der Waals surface area contributed by atoms with E-state index in [0.717, 1.165) is 16.8 Å². The first-order chi connectivity index (χ1) is 14.2. The Kier molecular flexibility index (Phi) is 5.71. The highest BCUT2D eigenvalue weighted by Gasteiger charge is 2.18. The van der Waals surface area contributed by atoms with Crippen LogP contribution in [0.25, 0.3) is 11.2 Å². The predicted molar refractivity (Wildman–Crippen MR) is 113 cm³/mol. The Labute approximate surface area is 172 Å². The number of amides is 1. The van der Waals surface area contributed by atoms with Crippen LogP contribution in [0.2, 0.25) is 0 Å². The first-order valence-electron chi connectivity index (χ1n) is 9.07. The number of hydrogen-bond acceptors (Lipinski definition) is 6. The van der Waals surface area contributed by atoms with E-state index in [-0.39, 0.29) is 11.2 Å². The van der Waals surface area contributed by atoms with Crippen LogP contribution in [0, 0.1) is 0 Å². The van der Waals surface area contributed by atoms with Gasteiger partial charge in [0.05, 0.1) is 11.6 Å². The van der Waals surface area contributed by atoms with Gasteiger partial charge < -0.3 is 15.0 Å². The molecule has 0 aliphatic rings. The summed E-state index contributed by atoms with van der Waals surface area (Å²) in [6.45, 7) is 2.34. The number of fused-ring (bicyclic) bond motifs is 1. The van der Waals surface area contributed by atoms with Gasteiger partial charge in [0, 0.05) is 5.69 Å². The topological polar surface area (TPSA) is 92.8 Å². The molecule has 146 valence electrons. The van der Waals surface area contributed by atoms with Gasteiger partial charge in [0.2, 0.25) is 5.91 Å². The molecule has 7 nitrogen and oxygen atoms in total. The maximum Gasteiger partial charge on any atom is 0.237 e. The number of aromatic nitrogens is 4. The number of hydrogen-bond donors (Lipinski definition) is 2. The summed E-state index contributed by atoms with van der Waals surface area (Å²) >= 11 is 1.35. The zero-order chi connectivity index (χ0) is 20.1. The van der Waals surface area contributed by atoms with Crippen LogP contribution in [0.3, 0.4) is 0 Å². The van der Waals surface area contributed by atoms with Gasteiger partial charge in [0.1, 0.15) is 29.2 Å². The molecule has 2 N–H and O–H groups in total. The van der Waals surface area contributed by atoms with Crippen LogP contribution in [0.4, 0.5) is 5.69 Å². The monoisotopic (exact) mass is 405 g/mol. The van der Waals surface area contributed by atoms with E-state index in [4.69, 9.17) is 4.74 Å². The normalized spacial score (nSPS) is 11.9. The first-order valence-corrected chi connectivity index (χ1v) is 9.95. The number of nitrogens with one attached hydrogen (secondary N) is 2. The number of thioether (sulfide) groups is 1. The molecule has 0 bridgehead atoms. The molecule has 1 unspecified atom stereocenters. The third-order valence-corrected chi connectivity index (χ3v) is 5.32. The van der Waals surface area contributed by atoms with Crippen molar-refractivity contribution < 1.29 is 9.53 Å². The number of nitrogens with zero attached hydrogens (tertiary/aromatic N) is 3.